The van der Waals surface area contributed by atoms with Crippen molar-refractivity contribution in [3.63, 3.8) is 0 Å². The molecule has 1 atom stereocenters. The van der Waals surface area contributed by atoms with Crippen molar-refractivity contribution in [2.24, 2.45) is 4.99 Å². The number of ether oxygens (including phenoxy) is 2. The lowest BCUT2D eigenvalue weighted by molar-refractivity contribution is -0.138. The Labute approximate surface area is 227 Å². The van der Waals surface area contributed by atoms with Gasteiger partial charge in [0.05, 0.1) is 28.5 Å². The molecule has 0 saturated carbocycles. The highest BCUT2D eigenvalue weighted by atomic mass is 32.1. The molecule has 3 aromatic carbocycles. The summed E-state index contributed by atoms with van der Waals surface area (Å²) in [5, 5.41) is 8.70. The molecule has 0 aliphatic carbocycles. The van der Waals surface area contributed by atoms with Crippen LogP contribution in [-0.4, -0.2) is 23.8 Å². The fourth-order valence-corrected chi connectivity index (χ4v) is 5.33. The first-order chi connectivity index (χ1) is 19.0. The number of fused-ring (bicyclic) bond motifs is 1. The van der Waals surface area contributed by atoms with Gasteiger partial charge >= 0.3 is 5.97 Å². The molecule has 5 rings (SSSR count). The molecule has 2 heterocycles. The molecule has 0 radical (unpaired) electrons. The molecule has 1 aromatic heterocycles. The number of thiazole rings is 1. The third kappa shape index (κ3) is 5.28. The van der Waals surface area contributed by atoms with E-state index < -0.39 is 17.8 Å². The van der Waals surface area contributed by atoms with E-state index in [2.05, 4.69) is 0 Å². The summed E-state index contributed by atoms with van der Waals surface area (Å²) in [6.45, 7) is 1.78. The van der Waals surface area contributed by atoms with Gasteiger partial charge in [-0.05, 0) is 48.4 Å². The number of esters is 1. The van der Waals surface area contributed by atoms with Gasteiger partial charge in [-0.3, -0.25) is 9.36 Å². The van der Waals surface area contributed by atoms with E-state index in [-0.39, 0.29) is 24.3 Å². The zero-order valence-electron chi connectivity index (χ0n) is 20.8. The molecule has 1 unspecified atom stereocenters. The van der Waals surface area contributed by atoms with E-state index in [1.165, 1.54) is 28.0 Å². The minimum Gasteiger partial charge on any atom is -0.479 e. The van der Waals surface area contributed by atoms with Crippen LogP contribution in [0.4, 0.5) is 4.39 Å². The molecule has 0 spiro atoms. The number of carbonyl (C=O) groups is 1. The molecular formula is C30H22FN3O4S. The van der Waals surface area contributed by atoms with Crippen molar-refractivity contribution in [2.45, 2.75) is 13.0 Å². The molecular weight excluding hydrogens is 517 g/mol. The molecule has 0 N–H and O–H groups in total. The average Bonchev–Trinajstić information content (AvgIpc) is 3.27. The highest BCUT2D eigenvalue weighted by Crippen LogP contribution is 2.35. The van der Waals surface area contributed by atoms with Crippen molar-refractivity contribution in [3.8, 4) is 11.8 Å². The predicted molar refractivity (Wildman–Crippen MR) is 145 cm³/mol. The number of hydrogen-bond donors (Lipinski definition) is 0. The topological polar surface area (TPSA) is 93.7 Å². The molecule has 4 aromatic rings. The third-order valence-electron chi connectivity index (χ3n) is 6.04. The number of hydrogen-bond acceptors (Lipinski definition) is 7. The van der Waals surface area contributed by atoms with E-state index in [1.807, 2.05) is 36.4 Å². The number of benzene rings is 3. The van der Waals surface area contributed by atoms with Crippen LogP contribution >= 0.6 is 11.3 Å². The van der Waals surface area contributed by atoms with Crippen molar-refractivity contribution in [1.29, 1.82) is 5.26 Å². The number of nitrogens with zero attached hydrogens (tertiary/aromatic N) is 3. The van der Waals surface area contributed by atoms with Crippen LogP contribution in [0.3, 0.4) is 0 Å². The molecule has 0 amide bonds. The van der Waals surface area contributed by atoms with Crippen LogP contribution in [-0.2, 0) is 9.53 Å². The fraction of sp³-hybridized carbons (Fsp3) is 0.133. The summed E-state index contributed by atoms with van der Waals surface area (Å²) in [7, 11) is 0. The van der Waals surface area contributed by atoms with Crippen molar-refractivity contribution < 1.29 is 18.7 Å². The SMILES string of the molecule is CCOC(=O)C1=C(c2ccccc2)N=c2sc(=Cc3ccc(OCC#N)cc3)c(=O)n2C1c1ccc(F)cc1. The Morgan fingerprint density at radius 3 is 2.49 bits per heavy atom. The van der Waals surface area contributed by atoms with Gasteiger partial charge in [0.15, 0.2) is 11.4 Å². The van der Waals surface area contributed by atoms with Gasteiger partial charge in [-0.2, -0.15) is 5.26 Å². The lowest BCUT2D eigenvalue weighted by atomic mass is 9.93. The monoisotopic (exact) mass is 539 g/mol. The first-order valence-corrected chi connectivity index (χ1v) is 13.0. The molecule has 1 aliphatic rings. The summed E-state index contributed by atoms with van der Waals surface area (Å²) < 4.78 is 26.5. The normalized spacial score (nSPS) is 14.8. The van der Waals surface area contributed by atoms with Crippen molar-refractivity contribution in [2.75, 3.05) is 13.2 Å². The quantitative estimate of drug-likeness (QED) is 0.331. The van der Waals surface area contributed by atoms with Crippen molar-refractivity contribution >= 4 is 29.1 Å². The van der Waals surface area contributed by atoms with Crippen molar-refractivity contribution in [1.82, 2.24) is 4.57 Å². The Balaban J connectivity index is 1.73. The van der Waals surface area contributed by atoms with Gasteiger partial charge in [-0.15, -0.1) is 0 Å². The van der Waals surface area contributed by atoms with Crippen LogP contribution in [0.15, 0.2) is 94.2 Å². The number of carbonyl (C=O) groups excluding carboxylic acids is 1. The molecule has 0 fully saturated rings. The highest BCUT2D eigenvalue weighted by Gasteiger charge is 2.35. The molecule has 0 bridgehead atoms. The minimum absolute atomic E-state index is 0.0616. The Morgan fingerprint density at radius 2 is 1.82 bits per heavy atom. The van der Waals surface area contributed by atoms with Crippen LogP contribution in [0.25, 0.3) is 11.8 Å². The summed E-state index contributed by atoms with van der Waals surface area (Å²) in [6, 6.07) is 23.0. The molecule has 1 aliphatic heterocycles. The van der Waals surface area contributed by atoms with E-state index >= 15 is 0 Å². The number of nitriles is 1. The minimum atomic E-state index is -0.875. The predicted octanol–water partition coefficient (Wildman–Crippen LogP) is 3.98. The van der Waals surface area contributed by atoms with E-state index in [4.69, 9.17) is 19.7 Å². The van der Waals surface area contributed by atoms with Crippen molar-refractivity contribution in [3.05, 3.63) is 127 Å². The second kappa shape index (κ2) is 11.3. The maximum atomic E-state index is 13.9. The van der Waals surface area contributed by atoms with Crippen LogP contribution in [0.1, 0.15) is 29.7 Å². The van der Waals surface area contributed by atoms with E-state index in [9.17, 15) is 14.0 Å². The second-order valence-corrected chi connectivity index (χ2v) is 9.51. The lowest BCUT2D eigenvalue weighted by Gasteiger charge is -2.25. The largest absolute Gasteiger partial charge is 0.479 e. The molecule has 7 nitrogen and oxygen atoms in total. The van der Waals surface area contributed by atoms with E-state index in [0.717, 1.165) is 5.56 Å². The summed E-state index contributed by atoms with van der Waals surface area (Å²) >= 11 is 1.20. The Kier molecular flexibility index (Phi) is 7.48. The van der Waals surface area contributed by atoms with Gasteiger partial charge in [0.1, 0.15) is 17.6 Å². The first-order valence-electron chi connectivity index (χ1n) is 12.1. The van der Waals surface area contributed by atoms with Gasteiger partial charge in [-0.1, -0.05) is 65.9 Å². The molecule has 9 heteroatoms. The van der Waals surface area contributed by atoms with Gasteiger partial charge < -0.3 is 9.47 Å². The van der Waals surface area contributed by atoms with E-state index in [1.54, 1.807) is 49.4 Å². The van der Waals surface area contributed by atoms with Crippen LogP contribution in [0.2, 0.25) is 0 Å². The number of rotatable bonds is 7. The van der Waals surface area contributed by atoms with Gasteiger partial charge in [-0.25, -0.2) is 14.2 Å². The summed E-state index contributed by atoms with van der Waals surface area (Å²) in [4.78, 5) is 32.4. The Bertz CT molecular complexity index is 1770. The molecule has 39 heavy (non-hydrogen) atoms. The third-order valence-corrected chi connectivity index (χ3v) is 7.02. The zero-order valence-corrected chi connectivity index (χ0v) is 21.7. The number of aromatic nitrogens is 1. The van der Waals surface area contributed by atoms with Crippen LogP contribution in [0, 0.1) is 17.1 Å². The summed E-state index contributed by atoms with van der Waals surface area (Å²) in [6.07, 6.45) is 1.73. The molecule has 194 valence electrons. The fourth-order valence-electron chi connectivity index (χ4n) is 4.33. The maximum Gasteiger partial charge on any atom is 0.338 e. The average molecular weight is 540 g/mol. The highest BCUT2D eigenvalue weighted by molar-refractivity contribution is 7.07. The molecule has 0 saturated heterocycles. The Hall–Kier alpha value is -4.81. The smallest absolute Gasteiger partial charge is 0.338 e. The standard InChI is InChI=1S/C30H22FN3O4S/c1-2-37-29(36)25-26(20-6-4-3-5-7-20)33-30-34(27(25)21-10-12-22(31)13-11-21)28(35)24(39-30)18-19-8-14-23(15-9-19)38-17-16-32/h3-15,18,27H,2,17H2,1H3. The first kappa shape index (κ1) is 25.8. The number of halogens is 1. The van der Waals surface area contributed by atoms with Crippen LogP contribution < -0.4 is 19.6 Å². The maximum absolute atomic E-state index is 13.9. The van der Waals surface area contributed by atoms with Gasteiger partial charge in [0.25, 0.3) is 5.56 Å². The van der Waals surface area contributed by atoms with E-state index in [0.29, 0.717) is 31.9 Å². The zero-order chi connectivity index (χ0) is 27.4. The summed E-state index contributed by atoms with van der Waals surface area (Å²) in [5.74, 6) is -0.493. The lowest BCUT2D eigenvalue weighted by Crippen LogP contribution is -2.40. The second-order valence-electron chi connectivity index (χ2n) is 8.50. The van der Waals surface area contributed by atoms with Gasteiger partial charge in [0.2, 0.25) is 0 Å². The van der Waals surface area contributed by atoms with Gasteiger partial charge in [0, 0.05) is 5.56 Å². The summed E-state index contributed by atoms with van der Waals surface area (Å²) in [5.41, 5.74) is 2.25. The Morgan fingerprint density at radius 1 is 1.10 bits per heavy atom. The van der Waals surface area contributed by atoms with Crippen LogP contribution in [0.5, 0.6) is 5.75 Å².